The maximum Gasteiger partial charge on any atom is 0.233 e. The molecule has 26 heavy (non-hydrogen) atoms. The van der Waals surface area contributed by atoms with Crippen LogP contribution in [0.2, 0.25) is 0 Å². The quantitative estimate of drug-likeness (QED) is 0.675. The second-order valence-corrected chi connectivity index (χ2v) is 6.61. The van der Waals surface area contributed by atoms with Gasteiger partial charge in [-0.2, -0.15) is 0 Å². The predicted octanol–water partition coefficient (Wildman–Crippen LogP) is 2.23. The summed E-state index contributed by atoms with van der Waals surface area (Å²) in [7, 11) is 1.62. The van der Waals surface area contributed by atoms with Crippen molar-refractivity contribution in [1.82, 2.24) is 10.3 Å². The molecule has 0 aromatic carbocycles. The third-order valence-corrected chi connectivity index (χ3v) is 4.68. The van der Waals surface area contributed by atoms with Crippen molar-refractivity contribution in [1.29, 1.82) is 0 Å². The maximum absolute atomic E-state index is 12.7. The van der Waals surface area contributed by atoms with Crippen LogP contribution in [-0.2, 0) is 14.3 Å². The Bertz CT molecular complexity index is 597. The molecule has 3 rings (SSSR count). The number of nitrogens with one attached hydrogen (secondary N) is 3. The Morgan fingerprint density at radius 1 is 1.23 bits per heavy atom. The van der Waals surface area contributed by atoms with Gasteiger partial charge in [0.1, 0.15) is 5.82 Å². The lowest BCUT2D eigenvalue weighted by atomic mass is 9.78. The van der Waals surface area contributed by atoms with Gasteiger partial charge in [-0.1, -0.05) is 0 Å². The van der Waals surface area contributed by atoms with Gasteiger partial charge in [0.15, 0.2) is 0 Å². The Morgan fingerprint density at radius 3 is 2.46 bits per heavy atom. The van der Waals surface area contributed by atoms with Gasteiger partial charge in [-0.05, 0) is 50.9 Å². The summed E-state index contributed by atoms with van der Waals surface area (Å²) in [5.41, 5.74) is 0.122. The van der Waals surface area contributed by atoms with Crippen LogP contribution in [0.3, 0.4) is 0 Å². The van der Waals surface area contributed by atoms with Gasteiger partial charge in [-0.25, -0.2) is 4.98 Å². The highest BCUT2D eigenvalue weighted by Gasteiger charge is 2.39. The van der Waals surface area contributed by atoms with Crippen molar-refractivity contribution in [2.45, 2.75) is 25.7 Å². The number of nitrogens with zero attached hydrogens (tertiary/aromatic N) is 1. The van der Waals surface area contributed by atoms with E-state index in [0.717, 1.165) is 38.8 Å². The van der Waals surface area contributed by atoms with Crippen molar-refractivity contribution >= 4 is 48.1 Å². The summed E-state index contributed by atoms with van der Waals surface area (Å²) >= 11 is 0. The fourth-order valence-corrected chi connectivity index (χ4v) is 3.00. The van der Waals surface area contributed by atoms with Crippen molar-refractivity contribution in [3.8, 4) is 0 Å². The molecule has 1 aromatic heterocycles. The molecular formula is C17H26Cl2N4O3. The molecule has 2 aliphatic rings. The summed E-state index contributed by atoms with van der Waals surface area (Å²) in [5, 5.41) is 8.98. The molecule has 0 unspecified atom stereocenters. The number of rotatable bonds is 6. The van der Waals surface area contributed by atoms with E-state index in [-0.39, 0.29) is 42.5 Å². The minimum absolute atomic E-state index is 0. The van der Waals surface area contributed by atoms with E-state index in [1.807, 2.05) is 0 Å². The smallest absolute Gasteiger partial charge is 0.233 e. The first-order chi connectivity index (χ1) is 11.6. The van der Waals surface area contributed by atoms with Crippen LogP contribution in [-0.4, -0.2) is 43.6 Å². The van der Waals surface area contributed by atoms with Crippen LogP contribution >= 0.6 is 24.8 Å². The van der Waals surface area contributed by atoms with Gasteiger partial charge in [-0.3, -0.25) is 9.59 Å². The normalized spacial score (nSPS) is 18.0. The Kier molecular flexibility index (Phi) is 8.76. The van der Waals surface area contributed by atoms with Gasteiger partial charge in [-0.15, -0.1) is 24.8 Å². The lowest BCUT2D eigenvalue weighted by molar-refractivity contribution is -0.130. The van der Waals surface area contributed by atoms with Crippen LogP contribution in [0.25, 0.3) is 0 Å². The third-order valence-electron chi connectivity index (χ3n) is 4.68. The fraction of sp³-hybridized carbons (Fsp3) is 0.588. The summed E-state index contributed by atoms with van der Waals surface area (Å²) < 4.78 is 5.28. The molecule has 1 aromatic rings. The van der Waals surface area contributed by atoms with Gasteiger partial charge in [0.25, 0.3) is 0 Å². The van der Waals surface area contributed by atoms with E-state index in [4.69, 9.17) is 4.74 Å². The Balaban J connectivity index is 0.00000169. The number of aromatic nitrogens is 1. The highest BCUT2D eigenvalue weighted by atomic mass is 35.5. The molecule has 1 saturated heterocycles. The number of carbonyl (C=O) groups excluding carboxylic acids is 2. The molecule has 2 heterocycles. The number of hydrogen-bond donors (Lipinski definition) is 3. The zero-order chi connectivity index (χ0) is 17.0. The van der Waals surface area contributed by atoms with Crippen molar-refractivity contribution in [3.63, 3.8) is 0 Å². The molecule has 9 heteroatoms. The number of halogens is 2. The zero-order valence-electron chi connectivity index (χ0n) is 14.7. The van der Waals surface area contributed by atoms with Crippen molar-refractivity contribution in [2.75, 3.05) is 37.4 Å². The van der Waals surface area contributed by atoms with Crippen LogP contribution in [0.15, 0.2) is 18.3 Å². The summed E-state index contributed by atoms with van der Waals surface area (Å²) in [6.07, 6.45) is 4.97. The molecule has 0 atom stereocenters. The summed E-state index contributed by atoms with van der Waals surface area (Å²) in [6.45, 7) is 2.02. The molecule has 2 amide bonds. The molecule has 3 N–H and O–H groups in total. The number of carbonyl (C=O) groups is 2. The largest absolute Gasteiger partial charge is 0.384 e. The molecule has 0 radical (unpaired) electrons. The first-order valence-corrected chi connectivity index (χ1v) is 8.41. The summed E-state index contributed by atoms with van der Waals surface area (Å²) in [6, 6.07) is 3.47. The van der Waals surface area contributed by atoms with Crippen molar-refractivity contribution in [3.05, 3.63) is 18.3 Å². The van der Waals surface area contributed by atoms with Crippen LogP contribution in [0.4, 0.5) is 11.5 Å². The van der Waals surface area contributed by atoms with Gasteiger partial charge in [0.2, 0.25) is 11.8 Å². The van der Waals surface area contributed by atoms with Gasteiger partial charge in [0, 0.05) is 13.0 Å². The van der Waals surface area contributed by atoms with E-state index in [1.54, 1.807) is 25.4 Å². The zero-order valence-corrected chi connectivity index (χ0v) is 16.4. The second-order valence-electron chi connectivity index (χ2n) is 6.61. The predicted molar refractivity (Wildman–Crippen MR) is 105 cm³/mol. The molecule has 1 saturated carbocycles. The number of pyridine rings is 1. The van der Waals surface area contributed by atoms with Crippen molar-refractivity contribution in [2.24, 2.45) is 11.3 Å². The number of amides is 2. The lowest BCUT2D eigenvalue weighted by Crippen LogP contribution is -2.47. The third kappa shape index (κ3) is 5.54. The summed E-state index contributed by atoms with van der Waals surface area (Å²) in [4.78, 5) is 28.6. The van der Waals surface area contributed by atoms with Gasteiger partial charge >= 0.3 is 0 Å². The highest BCUT2D eigenvalue weighted by Crippen LogP contribution is 2.31. The van der Waals surface area contributed by atoms with E-state index < -0.39 is 5.41 Å². The average molecular weight is 405 g/mol. The van der Waals surface area contributed by atoms with E-state index in [0.29, 0.717) is 18.1 Å². The summed E-state index contributed by atoms with van der Waals surface area (Å²) in [5.74, 6) is 0.633. The molecule has 7 nitrogen and oxygen atoms in total. The Hall–Kier alpha value is -1.41. The standard InChI is InChI=1S/C17H24N4O3.2ClH/c1-24-11-17(6-8-18-9-7-17)16(23)20-13-4-5-14(19-10-13)21-15(22)12-2-3-12;;/h4-5,10,12,18H,2-3,6-9,11H2,1H3,(H,20,23)(H,19,21,22);2*1H. The molecule has 146 valence electrons. The number of methoxy groups -OCH3 is 1. The fourth-order valence-electron chi connectivity index (χ4n) is 3.00. The van der Waals surface area contributed by atoms with Crippen LogP contribution in [0, 0.1) is 11.3 Å². The number of piperidine rings is 1. The SMILES string of the molecule is COCC1(C(=O)Nc2ccc(NC(=O)C3CC3)nc2)CCNCC1.Cl.Cl. The Morgan fingerprint density at radius 2 is 1.92 bits per heavy atom. The molecule has 1 aliphatic carbocycles. The molecular weight excluding hydrogens is 379 g/mol. The average Bonchev–Trinajstić information content (AvgIpc) is 3.43. The Labute approximate surface area is 165 Å². The topological polar surface area (TPSA) is 92.4 Å². The number of ether oxygens (including phenoxy) is 1. The minimum Gasteiger partial charge on any atom is -0.384 e. The first-order valence-electron chi connectivity index (χ1n) is 8.41. The molecule has 0 bridgehead atoms. The van der Waals surface area contributed by atoms with E-state index >= 15 is 0 Å². The molecule has 2 fully saturated rings. The monoisotopic (exact) mass is 404 g/mol. The first kappa shape index (κ1) is 22.6. The molecule has 0 spiro atoms. The van der Waals surface area contributed by atoms with Gasteiger partial charge < -0.3 is 20.7 Å². The number of hydrogen-bond acceptors (Lipinski definition) is 5. The van der Waals surface area contributed by atoms with E-state index in [9.17, 15) is 9.59 Å². The lowest BCUT2D eigenvalue weighted by Gasteiger charge is -2.35. The van der Waals surface area contributed by atoms with Crippen LogP contribution in [0.1, 0.15) is 25.7 Å². The molecule has 1 aliphatic heterocycles. The number of anilines is 2. The van der Waals surface area contributed by atoms with E-state index in [1.165, 1.54) is 0 Å². The maximum atomic E-state index is 12.7. The van der Waals surface area contributed by atoms with Crippen LogP contribution in [0.5, 0.6) is 0 Å². The van der Waals surface area contributed by atoms with E-state index in [2.05, 4.69) is 20.9 Å². The second kappa shape index (κ2) is 10.1. The highest BCUT2D eigenvalue weighted by molar-refractivity contribution is 5.96. The minimum atomic E-state index is -0.501. The van der Waals surface area contributed by atoms with Crippen molar-refractivity contribution < 1.29 is 14.3 Å². The van der Waals surface area contributed by atoms with Gasteiger partial charge in [0.05, 0.1) is 23.9 Å². The van der Waals surface area contributed by atoms with Crippen LogP contribution < -0.4 is 16.0 Å².